The Hall–Kier alpha value is -2.20. The molecule has 1 aliphatic heterocycles. The molecular formula is C17H16N2O2. The lowest BCUT2D eigenvalue weighted by Crippen LogP contribution is -2.47. The van der Waals surface area contributed by atoms with Crippen LogP contribution < -0.4 is 5.73 Å². The molecule has 1 saturated carbocycles. The molecule has 2 aromatic carbocycles. The lowest BCUT2D eigenvalue weighted by Gasteiger charge is -2.29. The smallest absolute Gasteiger partial charge is 0.261 e. The number of rotatable bonds is 3. The van der Waals surface area contributed by atoms with Crippen LogP contribution in [-0.2, 0) is 0 Å². The molecule has 0 radical (unpaired) electrons. The third-order valence-corrected chi connectivity index (χ3v) is 4.48. The van der Waals surface area contributed by atoms with Gasteiger partial charge in [0.2, 0.25) is 0 Å². The third kappa shape index (κ3) is 1.87. The molecule has 0 bridgehead atoms. The van der Waals surface area contributed by atoms with Crippen molar-refractivity contribution in [2.45, 2.75) is 18.9 Å². The number of hydrogen-bond acceptors (Lipinski definition) is 3. The Labute approximate surface area is 122 Å². The molecule has 4 nitrogen and oxygen atoms in total. The summed E-state index contributed by atoms with van der Waals surface area (Å²) < 4.78 is 0. The molecule has 0 spiro atoms. The molecule has 2 aliphatic rings. The minimum Gasteiger partial charge on any atom is -0.326 e. The van der Waals surface area contributed by atoms with Crippen LogP contribution in [0.15, 0.2) is 36.4 Å². The zero-order chi connectivity index (χ0) is 14.6. The summed E-state index contributed by atoms with van der Waals surface area (Å²) >= 11 is 0. The Morgan fingerprint density at radius 2 is 1.62 bits per heavy atom. The van der Waals surface area contributed by atoms with E-state index in [1.807, 2.05) is 24.3 Å². The molecule has 2 N–H and O–H groups in total. The van der Waals surface area contributed by atoms with Gasteiger partial charge < -0.3 is 5.73 Å². The summed E-state index contributed by atoms with van der Waals surface area (Å²) in [5.74, 6) is 0.0133. The predicted octanol–water partition coefficient (Wildman–Crippen LogP) is 2.17. The summed E-state index contributed by atoms with van der Waals surface area (Å²) in [7, 11) is 0. The highest BCUT2D eigenvalue weighted by molar-refractivity contribution is 6.25. The molecular weight excluding hydrogens is 264 g/mol. The van der Waals surface area contributed by atoms with Crippen LogP contribution in [0.1, 0.15) is 33.6 Å². The molecule has 1 fully saturated rings. The van der Waals surface area contributed by atoms with Gasteiger partial charge in [0, 0.05) is 29.1 Å². The molecule has 21 heavy (non-hydrogen) atoms. The zero-order valence-electron chi connectivity index (χ0n) is 11.6. The van der Waals surface area contributed by atoms with E-state index < -0.39 is 0 Å². The normalized spacial score (nSPS) is 19.2. The maximum Gasteiger partial charge on any atom is 0.261 e. The van der Waals surface area contributed by atoms with Crippen molar-refractivity contribution >= 4 is 22.6 Å². The van der Waals surface area contributed by atoms with Crippen molar-refractivity contribution in [1.29, 1.82) is 0 Å². The van der Waals surface area contributed by atoms with Crippen molar-refractivity contribution in [2.75, 3.05) is 6.54 Å². The Bertz CT molecular complexity index is 714. The molecule has 1 aliphatic carbocycles. The van der Waals surface area contributed by atoms with Crippen molar-refractivity contribution in [1.82, 2.24) is 4.90 Å². The average molecular weight is 280 g/mol. The number of nitrogens with two attached hydrogens (primary N) is 1. The first-order valence-corrected chi connectivity index (χ1v) is 7.30. The van der Waals surface area contributed by atoms with Crippen molar-refractivity contribution in [3.63, 3.8) is 0 Å². The van der Waals surface area contributed by atoms with E-state index in [2.05, 4.69) is 0 Å². The van der Waals surface area contributed by atoms with Crippen LogP contribution in [0.2, 0.25) is 0 Å². The fourth-order valence-corrected chi connectivity index (χ4v) is 3.13. The average Bonchev–Trinajstić information content (AvgIpc) is 3.33. The summed E-state index contributed by atoms with van der Waals surface area (Å²) in [4.78, 5) is 26.6. The van der Waals surface area contributed by atoms with Crippen LogP contribution >= 0.6 is 0 Å². The second kappa shape index (κ2) is 4.40. The van der Waals surface area contributed by atoms with Crippen LogP contribution in [0, 0.1) is 5.92 Å². The number of benzene rings is 2. The van der Waals surface area contributed by atoms with Gasteiger partial charge in [-0.15, -0.1) is 0 Å². The van der Waals surface area contributed by atoms with Gasteiger partial charge in [0.1, 0.15) is 0 Å². The quantitative estimate of drug-likeness (QED) is 0.876. The largest absolute Gasteiger partial charge is 0.326 e. The standard InChI is InChI=1S/C17H16N2O2/c18-14(10-7-8-10)9-19-16(20)12-5-1-3-11-4-2-6-13(15(11)12)17(19)21/h1-6,10,14H,7-9,18H2. The highest BCUT2D eigenvalue weighted by Crippen LogP contribution is 2.34. The number of nitrogens with zero attached hydrogens (tertiary/aromatic N) is 1. The summed E-state index contributed by atoms with van der Waals surface area (Å²) in [6.07, 6.45) is 2.20. The molecule has 0 saturated heterocycles. The minimum atomic E-state index is -0.222. The Morgan fingerprint density at radius 3 is 2.14 bits per heavy atom. The zero-order valence-corrected chi connectivity index (χ0v) is 11.6. The van der Waals surface area contributed by atoms with Gasteiger partial charge in [0.25, 0.3) is 11.8 Å². The fraction of sp³-hybridized carbons (Fsp3) is 0.294. The SMILES string of the molecule is NC(CN1C(=O)c2cccc3cccc(c23)C1=O)C1CC1. The third-order valence-electron chi connectivity index (χ3n) is 4.48. The fourth-order valence-electron chi connectivity index (χ4n) is 3.13. The first kappa shape index (κ1) is 12.5. The maximum absolute atomic E-state index is 12.6. The Kier molecular flexibility index (Phi) is 2.62. The Balaban J connectivity index is 1.81. The monoisotopic (exact) mass is 280 g/mol. The van der Waals surface area contributed by atoms with E-state index in [1.165, 1.54) is 4.90 Å². The van der Waals surface area contributed by atoms with E-state index in [4.69, 9.17) is 5.73 Å². The van der Waals surface area contributed by atoms with Crippen LogP contribution in [0.25, 0.3) is 10.8 Å². The highest BCUT2D eigenvalue weighted by Gasteiger charge is 2.37. The molecule has 2 amide bonds. The van der Waals surface area contributed by atoms with E-state index in [0.29, 0.717) is 23.6 Å². The number of carbonyl (C=O) groups is 2. The lowest BCUT2D eigenvalue weighted by atomic mass is 9.93. The Morgan fingerprint density at radius 1 is 1.05 bits per heavy atom. The van der Waals surface area contributed by atoms with E-state index in [0.717, 1.165) is 23.6 Å². The summed E-state index contributed by atoms with van der Waals surface area (Å²) in [5.41, 5.74) is 7.31. The first-order valence-electron chi connectivity index (χ1n) is 7.30. The van der Waals surface area contributed by atoms with Crippen molar-refractivity contribution in [3.8, 4) is 0 Å². The maximum atomic E-state index is 12.6. The van der Waals surface area contributed by atoms with Gasteiger partial charge in [-0.1, -0.05) is 24.3 Å². The van der Waals surface area contributed by atoms with Gasteiger partial charge in [-0.25, -0.2) is 0 Å². The first-order chi connectivity index (χ1) is 10.2. The number of hydrogen-bond donors (Lipinski definition) is 1. The van der Waals surface area contributed by atoms with Crippen LogP contribution in [-0.4, -0.2) is 29.3 Å². The van der Waals surface area contributed by atoms with Gasteiger partial charge in [0.15, 0.2) is 0 Å². The second-order valence-corrected chi connectivity index (χ2v) is 5.93. The number of carbonyl (C=O) groups excluding carboxylic acids is 2. The lowest BCUT2D eigenvalue weighted by molar-refractivity contribution is 0.0597. The van der Waals surface area contributed by atoms with E-state index in [1.54, 1.807) is 12.1 Å². The summed E-state index contributed by atoms with van der Waals surface area (Å²) in [6.45, 7) is 0.313. The molecule has 1 unspecified atom stereocenters. The molecule has 1 atom stereocenters. The van der Waals surface area contributed by atoms with Crippen LogP contribution in [0.4, 0.5) is 0 Å². The van der Waals surface area contributed by atoms with Gasteiger partial charge in [0.05, 0.1) is 0 Å². The molecule has 4 heteroatoms. The van der Waals surface area contributed by atoms with Gasteiger partial charge in [-0.3, -0.25) is 14.5 Å². The van der Waals surface area contributed by atoms with Crippen LogP contribution in [0.5, 0.6) is 0 Å². The van der Waals surface area contributed by atoms with Crippen LogP contribution in [0.3, 0.4) is 0 Å². The summed E-state index contributed by atoms with van der Waals surface area (Å²) in [5, 5.41) is 1.70. The number of imide groups is 1. The van der Waals surface area contributed by atoms with E-state index >= 15 is 0 Å². The van der Waals surface area contributed by atoms with Crippen molar-refractivity contribution in [2.24, 2.45) is 11.7 Å². The molecule has 106 valence electrons. The summed E-state index contributed by atoms with van der Waals surface area (Å²) in [6, 6.07) is 11.0. The van der Waals surface area contributed by atoms with Gasteiger partial charge >= 0.3 is 0 Å². The van der Waals surface area contributed by atoms with E-state index in [-0.39, 0.29) is 17.9 Å². The highest BCUT2D eigenvalue weighted by atomic mass is 16.2. The van der Waals surface area contributed by atoms with Crippen molar-refractivity contribution in [3.05, 3.63) is 47.5 Å². The molecule has 0 aromatic heterocycles. The molecule has 1 heterocycles. The van der Waals surface area contributed by atoms with Gasteiger partial charge in [-0.2, -0.15) is 0 Å². The van der Waals surface area contributed by atoms with E-state index in [9.17, 15) is 9.59 Å². The molecule has 4 rings (SSSR count). The minimum absolute atomic E-state index is 0.109. The second-order valence-electron chi connectivity index (χ2n) is 5.93. The van der Waals surface area contributed by atoms with Gasteiger partial charge in [-0.05, 0) is 36.3 Å². The topological polar surface area (TPSA) is 63.4 Å². The molecule has 2 aromatic rings. The van der Waals surface area contributed by atoms with Crippen molar-refractivity contribution < 1.29 is 9.59 Å². The predicted molar refractivity (Wildman–Crippen MR) is 80.0 cm³/mol. The number of amides is 2.